The van der Waals surface area contributed by atoms with Crippen molar-refractivity contribution in [2.45, 2.75) is 75.3 Å². The molecule has 3 N–H and O–H groups in total. The van der Waals surface area contributed by atoms with Gasteiger partial charge in [0.2, 0.25) is 0 Å². The number of aliphatic hydroxyl groups excluding tert-OH is 2. The lowest BCUT2D eigenvalue weighted by Gasteiger charge is -2.49. The second-order valence-electron chi connectivity index (χ2n) is 8.48. The third-order valence-corrected chi connectivity index (χ3v) is 7.20. The van der Waals surface area contributed by atoms with Crippen LogP contribution in [0.1, 0.15) is 51.9 Å². The fourth-order valence-electron chi connectivity index (χ4n) is 5.82. The van der Waals surface area contributed by atoms with Crippen molar-refractivity contribution in [3.8, 4) is 0 Å². The minimum atomic E-state index is -1.81. The van der Waals surface area contributed by atoms with Crippen molar-refractivity contribution >= 4 is 0 Å². The smallest absolute Gasteiger partial charge is 0.145 e. The summed E-state index contributed by atoms with van der Waals surface area (Å²) in [4.78, 5) is 0. The van der Waals surface area contributed by atoms with Gasteiger partial charge in [0.25, 0.3) is 0 Å². The Hall–Kier alpha value is -0.710. The molecule has 0 aromatic heterocycles. The first-order valence-electron chi connectivity index (χ1n) is 8.95. The van der Waals surface area contributed by atoms with Gasteiger partial charge >= 0.3 is 0 Å². The quantitative estimate of drug-likeness (QED) is 0.601. The van der Waals surface area contributed by atoms with Gasteiger partial charge in [0.15, 0.2) is 0 Å². The van der Waals surface area contributed by atoms with Crippen molar-refractivity contribution in [2.24, 2.45) is 17.3 Å². The number of hydrogen-bond acceptors (Lipinski definition) is 3. The maximum Gasteiger partial charge on any atom is 0.145 e. The van der Waals surface area contributed by atoms with Gasteiger partial charge in [-0.25, -0.2) is 4.39 Å². The van der Waals surface area contributed by atoms with E-state index in [1.165, 1.54) is 0 Å². The molecule has 4 rings (SSSR count). The van der Waals surface area contributed by atoms with E-state index in [1.807, 2.05) is 6.08 Å². The van der Waals surface area contributed by atoms with Crippen molar-refractivity contribution < 1.29 is 19.7 Å². The van der Waals surface area contributed by atoms with E-state index in [-0.39, 0.29) is 23.7 Å². The molecule has 128 valence electrons. The second kappa shape index (κ2) is 4.90. The summed E-state index contributed by atoms with van der Waals surface area (Å²) in [6.45, 7) is 2.14. The molecule has 4 aliphatic rings. The van der Waals surface area contributed by atoms with Gasteiger partial charge in [-0.3, -0.25) is 0 Å². The fraction of sp³-hybridized carbons (Fsp3) is 0.789. The van der Waals surface area contributed by atoms with Crippen LogP contribution >= 0.6 is 0 Å². The second-order valence-corrected chi connectivity index (χ2v) is 8.48. The summed E-state index contributed by atoms with van der Waals surface area (Å²) >= 11 is 0. The number of halogens is 1. The number of allylic oxidation sites excluding steroid dienone is 3. The van der Waals surface area contributed by atoms with Crippen molar-refractivity contribution in [2.75, 3.05) is 0 Å². The highest BCUT2D eigenvalue weighted by Gasteiger charge is 2.61. The third-order valence-electron chi connectivity index (χ3n) is 7.20. The molecule has 0 saturated heterocycles. The van der Waals surface area contributed by atoms with Gasteiger partial charge in [0.05, 0.1) is 11.7 Å². The van der Waals surface area contributed by atoms with Gasteiger partial charge in [-0.1, -0.05) is 25.2 Å². The molecule has 2 fully saturated rings. The van der Waals surface area contributed by atoms with Crippen LogP contribution in [-0.2, 0) is 0 Å². The van der Waals surface area contributed by atoms with E-state index < -0.39 is 23.5 Å². The molecule has 4 heteroatoms. The highest BCUT2D eigenvalue weighted by atomic mass is 19.1. The number of rotatable bonds is 0. The van der Waals surface area contributed by atoms with Crippen LogP contribution in [0.2, 0.25) is 0 Å². The average molecular weight is 322 g/mol. The van der Waals surface area contributed by atoms with E-state index in [0.29, 0.717) is 31.3 Å². The monoisotopic (exact) mass is 322 g/mol. The number of hydrogen-bond donors (Lipinski definition) is 3. The molecule has 6 unspecified atom stereocenters. The van der Waals surface area contributed by atoms with E-state index in [4.69, 9.17) is 0 Å². The van der Waals surface area contributed by atoms with E-state index in [1.54, 1.807) is 0 Å². The molecule has 3 nitrogen and oxygen atoms in total. The van der Waals surface area contributed by atoms with Gasteiger partial charge in [-0.15, -0.1) is 0 Å². The largest absolute Gasteiger partial charge is 0.393 e. The van der Waals surface area contributed by atoms with Crippen LogP contribution in [0.15, 0.2) is 23.8 Å². The Morgan fingerprint density at radius 2 is 2.00 bits per heavy atom. The lowest BCUT2D eigenvalue weighted by molar-refractivity contribution is -0.0966. The zero-order valence-electron chi connectivity index (χ0n) is 13.7. The SMILES string of the molecule is CC12C=CCC1[C@@]1(O)CCC3CCC(O)CC3(F)C(O)C1=CC2. The molecule has 0 amide bonds. The standard InChI is InChI=1S/C19H27FO3/c1-17-8-2-3-15(17)19(23)10-6-12-4-5-13(21)11-18(12,20)16(22)14(19)7-9-17/h2,7-8,12-13,15-16,21-23H,3-6,9-11H2,1H3/t12?,13?,15?,16?,17?,18?,19-/m1/s1. The van der Waals surface area contributed by atoms with Crippen LogP contribution in [0, 0.1) is 17.3 Å². The molecule has 0 bridgehead atoms. The fourth-order valence-corrected chi connectivity index (χ4v) is 5.82. The van der Waals surface area contributed by atoms with Gasteiger partial charge in [-0.05, 0) is 55.4 Å². The molecule has 0 aliphatic heterocycles. The van der Waals surface area contributed by atoms with Gasteiger partial charge < -0.3 is 15.3 Å². The summed E-state index contributed by atoms with van der Waals surface area (Å²) in [5, 5.41) is 32.3. The molecule has 0 aromatic rings. The number of aliphatic hydroxyl groups is 3. The molecule has 0 spiro atoms. The zero-order chi connectivity index (χ0) is 16.5. The minimum absolute atomic E-state index is 0.0123. The predicted octanol–water partition coefficient (Wildman–Crippen LogP) is 2.65. The molecule has 0 radical (unpaired) electrons. The summed E-state index contributed by atoms with van der Waals surface area (Å²) in [5.41, 5.74) is -2.57. The van der Waals surface area contributed by atoms with E-state index in [9.17, 15) is 15.3 Å². The third kappa shape index (κ3) is 2.04. The van der Waals surface area contributed by atoms with Gasteiger partial charge in [-0.2, -0.15) is 0 Å². The Kier molecular flexibility index (Phi) is 3.37. The molecule has 0 heterocycles. The highest BCUT2D eigenvalue weighted by Crippen LogP contribution is 2.59. The Balaban J connectivity index is 1.77. The van der Waals surface area contributed by atoms with Crippen LogP contribution in [0.5, 0.6) is 0 Å². The maximum atomic E-state index is 15.7. The highest BCUT2D eigenvalue weighted by molar-refractivity contribution is 5.36. The Morgan fingerprint density at radius 1 is 1.22 bits per heavy atom. The summed E-state index contributed by atoms with van der Waals surface area (Å²) in [6.07, 6.45) is 7.89. The number of alkyl halides is 1. The summed E-state index contributed by atoms with van der Waals surface area (Å²) < 4.78 is 15.7. The number of fused-ring (bicyclic) bond motifs is 4. The van der Waals surface area contributed by atoms with Crippen molar-refractivity contribution in [1.29, 1.82) is 0 Å². The lowest BCUT2D eigenvalue weighted by Crippen LogP contribution is -2.55. The predicted molar refractivity (Wildman–Crippen MR) is 85.4 cm³/mol. The summed E-state index contributed by atoms with van der Waals surface area (Å²) in [7, 11) is 0. The van der Waals surface area contributed by atoms with Crippen molar-refractivity contribution in [1.82, 2.24) is 0 Å². The van der Waals surface area contributed by atoms with E-state index >= 15 is 4.39 Å². The van der Waals surface area contributed by atoms with Crippen LogP contribution in [0.4, 0.5) is 4.39 Å². The van der Waals surface area contributed by atoms with Crippen LogP contribution in [-0.4, -0.2) is 38.8 Å². The first kappa shape index (κ1) is 15.8. The molecule has 0 aromatic carbocycles. The maximum absolute atomic E-state index is 15.7. The normalized spacial score (nSPS) is 55.4. The average Bonchev–Trinajstić information content (AvgIpc) is 2.86. The van der Waals surface area contributed by atoms with Crippen LogP contribution in [0.3, 0.4) is 0 Å². The van der Waals surface area contributed by atoms with Crippen LogP contribution < -0.4 is 0 Å². The molecule has 23 heavy (non-hydrogen) atoms. The van der Waals surface area contributed by atoms with Crippen LogP contribution in [0.25, 0.3) is 0 Å². The summed E-state index contributed by atoms with van der Waals surface area (Å²) in [6, 6.07) is 0. The van der Waals surface area contributed by atoms with Crippen molar-refractivity contribution in [3.05, 3.63) is 23.8 Å². The molecule has 4 aliphatic carbocycles. The molecular formula is C19H27FO3. The Labute approximate surface area is 136 Å². The Bertz CT molecular complexity index is 573. The van der Waals surface area contributed by atoms with E-state index in [0.717, 1.165) is 12.8 Å². The molecule has 7 atom stereocenters. The molecular weight excluding hydrogens is 295 g/mol. The van der Waals surface area contributed by atoms with E-state index in [2.05, 4.69) is 19.1 Å². The zero-order valence-corrected chi connectivity index (χ0v) is 13.7. The minimum Gasteiger partial charge on any atom is -0.393 e. The van der Waals surface area contributed by atoms with Crippen molar-refractivity contribution in [3.63, 3.8) is 0 Å². The topological polar surface area (TPSA) is 60.7 Å². The van der Waals surface area contributed by atoms with Gasteiger partial charge in [0.1, 0.15) is 11.8 Å². The first-order valence-corrected chi connectivity index (χ1v) is 8.95. The Morgan fingerprint density at radius 3 is 2.78 bits per heavy atom. The molecule has 2 saturated carbocycles. The van der Waals surface area contributed by atoms with Gasteiger partial charge in [0, 0.05) is 12.3 Å². The first-order chi connectivity index (χ1) is 10.8. The lowest BCUT2D eigenvalue weighted by atomic mass is 9.60. The summed E-state index contributed by atoms with van der Waals surface area (Å²) in [5.74, 6) is -0.268.